The van der Waals surface area contributed by atoms with Crippen LogP contribution in [0.3, 0.4) is 0 Å². The minimum atomic E-state index is -0.194. The van der Waals surface area contributed by atoms with Crippen molar-refractivity contribution in [3.63, 3.8) is 0 Å². The fraction of sp³-hybridized carbons (Fsp3) is 0.0667. The molecule has 3 aromatic rings. The van der Waals surface area contributed by atoms with Gasteiger partial charge in [-0.25, -0.2) is 4.98 Å². The molecule has 2 heterocycles. The highest BCUT2D eigenvalue weighted by atomic mass is 35.5. The number of nitrogens with zero attached hydrogens (tertiary/aromatic N) is 2. The number of nitrogens with one attached hydrogen (secondary N) is 1. The van der Waals surface area contributed by atoms with Gasteiger partial charge in [-0.15, -0.1) is 0 Å². The van der Waals surface area contributed by atoms with E-state index < -0.39 is 0 Å². The molecule has 21 heavy (non-hydrogen) atoms. The van der Waals surface area contributed by atoms with E-state index in [1.165, 1.54) is 0 Å². The van der Waals surface area contributed by atoms with Gasteiger partial charge in [0, 0.05) is 16.8 Å². The lowest BCUT2D eigenvalue weighted by Gasteiger charge is -2.03. The second-order valence-electron chi connectivity index (χ2n) is 4.50. The van der Waals surface area contributed by atoms with Crippen LogP contribution >= 0.6 is 23.2 Å². The average molecular weight is 320 g/mol. The predicted octanol–water partition coefficient (Wildman–Crippen LogP) is 3.57. The molecule has 6 heteroatoms. The summed E-state index contributed by atoms with van der Waals surface area (Å²) >= 11 is 11.9. The highest BCUT2D eigenvalue weighted by Crippen LogP contribution is 2.14. The normalized spacial score (nSPS) is 10.8. The van der Waals surface area contributed by atoms with Crippen LogP contribution in [-0.2, 0) is 6.54 Å². The Labute approximate surface area is 131 Å². The van der Waals surface area contributed by atoms with E-state index in [2.05, 4.69) is 10.3 Å². The number of pyridine rings is 1. The fourth-order valence-electron chi connectivity index (χ4n) is 2.02. The fourth-order valence-corrected chi connectivity index (χ4v) is 2.41. The van der Waals surface area contributed by atoms with E-state index in [1.807, 2.05) is 12.1 Å². The lowest BCUT2D eigenvalue weighted by molar-refractivity contribution is 0.0950. The number of aromatic nitrogens is 2. The van der Waals surface area contributed by atoms with Crippen LogP contribution < -0.4 is 5.32 Å². The summed E-state index contributed by atoms with van der Waals surface area (Å²) in [6.07, 6.45) is 1.80. The smallest absolute Gasteiger partial charge is 0.251 e. The number of hydrogen-bond acceptors (Lipinski definition) is 2. The van der Waals surface area contributed by atoms with Crippen molar-refractivity contribution in [1.29, 1.82) is 0 Å². The molecule has 0 saturated carbocycles. The monoisotopic (exact) mass is 319 g/mol. The van der Waals surface area contributed by atoms with Crippen LogP contribution in [-0.4, -0.2) is 15.3 Å². The molecule has 0 spiro atoms. The Bertz CT molecular complexity index is 814. The van der Waals surface area contributed by atoms with E-state index in [0.29, 0.717) is 22.3 Å². The van der Waals surface area contributed by atoms with Crippen LogP contribution in [0, 0.1) is 0 Å². The standard InChI is InChI=1S/C15H11Cl2N3O/c16-11-4-1-3-10(7-11)15(21)18-8-12-9-20-13(17)5-2-6-14(20)19-12/h1-7,9H,8H2,(H,18,21). The first-order valence-electron chi connectivity index (χ1n) is 6.30. The molecule has 0 aliphatic rings. The summed E-state index contributed by atoms with van der Waals surface area (Å²) in [6.45, 7) is 0.323. The lowest BCUT2D eigenvalue weighted by atomic mass is 10.2. The summed E-state index contributed by atoms with van der Waals surface area (Å²) in [5, 5.41) is 3.91. The van der Waals surface area contributed by atoms with E-state index in [1.54, 1.807) is 40.9 Å². The Kier molecular flexibility index (Phi) is 3.82. The lowest BCUT2D eigenvalue weighted by Crippen LogP contribution is -2.22. The molecule has 1 amide bonds. The van der Waals surface area contributed by atoms with Gasteiger partial charge in [-0.2, -0.15) is 0 Å². The number of benzene rings is 1. The Balaban J connectivity index is 1.74. The van der Waals surface area contributed by atoms with Crippen LogP contribution in [0.5, 0.6) is 0 Å². The van der Waals surface area contributed by atoms with Gasteiger partial charge in [-0.3, -0.25) is 9.20 Å². The molecule has 4 nitrogen and oxygen atoms in total. The van der Waals surface area contributed by atoms with Crippen molar-refractivity contribution in [1.82, 2.24) is 14.7 Å². The maximum Gasteiger partial charge on any atom is 0.251 e. The van der Waals surface area contributed by atoms with Crippen LogP contribution in [0.25, 0.3) is 5.65 Å². The zero-order valence-electron chi connectivity index (χ0n) is 10.9. The molecule has 0 bridgehead atoms. The Morgan fingerprint density at radius 1 is 1.19 bits per heavy atom. The SMILES string of the molecule is O=C(NCc1cn2c(Cl)cccc2n1)c1cccc(Cl)c1. The average Bonchev–Trinajstić information content (AvgIpc) is 2.89. The van der Waals surface area contributed by atoms with Gasteiger partial charge >= 0.3 is 0 Å². The third-order valence-corrected chi connectivity index (χ3v) is 3.55. The molecule has 1 N–H and O–H groups in total. The summed E-state index contributed by atoms with van der Waals surface area (Å²) in [5.41, 5.74) is 2.00. The van der Waals surface area contributed by atoms with Gasteiger partial charge < -0.3 is 5.32 Å². The van der Waals surface area contributed by atoms with E-state index in [4.69, 9.17) is 23.2 Å². The highest BCUT2D eigenvalue weighted by molar-refractivity contribution is 6.31. The Hall–Kier alpha value is -2.04. The van der Waals surface area contributed by atoms with Crippen molar-refractivity contribution in [2.75, 3.05) is 0 Å². The summed E-state index contributed by atoms with van der Waals surface area (Å²) in [7, 11) is 0. The number of amides is 1. The van der Waals surface area contributed by atoms with Crippen LogP contribution in [0.15, 0.2) is 48.7 Å². The molecular weight excluding hydrogens is 309 g/mol. The first-order valence-corrected chi connectivity index (χ1v) is 7.05. The molecule has 0 unspecified atom stereocenters. The number of imidazole rings is 1. The second kappa shape index (κ2) is 5.76. The summed E-state index contributed by atoms with van der Waals surface area (Å²) in [4.78, 5) is 16.4. The third-order valence-electron chi connectivity index (χ3n) is 3.01. The van der Waals surface area contributed by atoms with Gasteiger partial charge in [0.05, 0.1) is 12.2 Å². The number of carbonyl (C=O) groups excluding carboxylic acids is 1. The number of hydrogen-bond donors (Lipinski definition) is 1. The Morgan fingerprint density at radius 3 is 2.76 bits per heavy atom. The minimum absolute atomic E-state index is 0.194. The van der Waals surface area contributed by atoms with Crippen LogP contribution in [0.4, 0.5) is 0 Å². The summed E-state index contributed by atoms with van der Waals surface area (Å²) < 4.78 is 1.77. The predicted molar refractivity (Wildman–Crippen MR) is 82.8 cm³/mol. The van der Waals surface area contributed by atoms with E-state index in [0.717, 1.165) is 11.3 Å². The highest BCUT2D eigenvalue weighted by Gasteiger charge is 2.08. The molecule has 0 aliphatic heterocycles. The minimum Gasteiger partial charge on any atom is -0.346 e. The topological polar surface area (TPSA) is 46.4 Å². The molecule has 1 aromatic carbocycles. The molecule has 2 aromatic heterocycles. The van der Waals surface area contributed by atoms with Crippen molar-refractivity contribution >= 4 is 34.8 Å². The molecule has 0 atom stereocenters. The molecular formula is C15H11Cl2N3O. The van der Waals surface area contributed by atoms with Crippen molar-refractivity contribution in [3.05, 3.63) is 70.1 Å². The summed E-state index contributed by atoms with van der Waals surface area (Å²) in [6, 6.07) is 12.3. The van der Waals surface area contributed by atoms with E-state index in [9.17, 15) is 4.79 Å². The summed E-state index contributed by atoms with van der Waals surface area (Å²) in [5.74, 6) is -0.194. The van der Waals surface area contributed by atoms with Crippen LogP contribution in [0.1, 0.15) is 16.1 Å². The van der Waals surface area contributed by atoms with Crippen molar-refractivity contribution in [2.45, 2.75) is 6.54 Å². The molecule has 0 radical (unpaired) electrons. The molecule has 0 fully saturated rings. The molecule has 0 saturated heterocycles. The molecule has 106 valence electrons. The van der Waals surface area contributed by atoms with Gasteiger partial charge in [0.25, 0.3) is 5.91 Å². The van der Waals surface area contributed by atoms with Crippen molar-refractivity contribution in [2.24, 2.45) is 0 Å². The van der Waals surface area contributed by atoms with E-state index >= 15 is 0 Å². The number of fused-ring (bicyclic) bond motifs is 1. The maximum absolute atomic E-state index is 12.0. The molecule has 3 rings (SSSR count). The maximum atomic E-state index is 12.0. The zero-order valence-corrected chi connectivity index (χ0v) is 12.4. The van der Waals surface area contributed by atoms with Gasteiger partial charge in [0.1, 0.15) is 10.8 Å². The van der Waals surface area contributed by atoms with Gasteiger partial charge in [-0.1, -0.05) is 35.3 Å². The van der Waals surface area contributed by atoms with Crippen LogP contribution in [0.2, 0.25) is 10.2 Å². The number of rotatable bonds is 3. The largest absolute Gasteiger partial charge is 0.346 e. The number of halogens is 2. The molecule has 0 aliphatic carbocycles. The second-order valence-corrected chi connectivity index (χ2v) is 5.33. The Morgan fingerprint density at radius 2 is 2.00 bits per heavy atom. The first-order chi connectivity index (χ1) is 10.1. The van der Waals surface area contributed by atoms with Crippen molar-refractivity contribution < 1.29 is 4.79 Å². The number of carbonyl (C=O) groups is 1. The quantitative estimate of drug-likeness (QED) is 0.750. The third kappa shape index (κ3) is 3.01. The zero-order chi connectivity index (χ0) is 14.8. The van der Waals surface area contributed by atoms with E-state index in [-0.39, 0.29) is 5.91 Å². The van der Waals surface area contributed by atoms with Crippen molar-refractivity contribution in [3.8, 4) is 0 Å². The van der Waals surface area contributed by atoms with Gasteiger partial charge in [-0.05, 0) is 30.3 Å². The first kappa shape index (κ1) is 13.9. The van der Waals surface area contributed by atoms with Gasteiger partial charge in [0.2, 0.25) is 0 Å². The van der Waals surface area contributed by atoms with Gasteiger partial charge in [0.15, 0.2) is 0 Å².